The minimum Gasteiger partial charge on any atom is -0.445 e. The molecule has 0 atom stereocenters. The van der Waals surface area contributed by atoms with Gasteiger partial charge in [-0.3, -0.25) is 4.79 Å². The van der Waals surface area contributed by atoms with E-state index in [1.54, 1.807) is 0 Å². The lowest BCUT2D eigenvalue weighted by Crippen LogP contribution is -2.13. The minimum atomic E-state index is -0.635. The zero-order valence-corrected chi connectivity index (χ0v) is 18.6. The molecule has 0 saturated heterocycles. The third-order valence-electron chi connectivity index (χ3n) is 4.99. The number of nitrogens with zero attached hydrogens (tertiary/aromatic N) is 3. The molecule has 1 amide bonds. The molecule has 0 aliphatic heterocycles. The first kappa shape index (κ1) is 21.5. The van der Waals surface area contributed by atoms with Crippen LogP contribution in [-0.2, 0) is 19.3 Å². The van der Waals surface area contributed by atoms with Gasteiger partial charge >= 0.3 is 0 Å². The summed E-state index contributed by atoms with van der Waals surface area (Å²) >= 11 is 0. The Balaban J connectivity index is 1.74. The van der Waals surface area contributed by atoms with Crippen molar-refractivity contribution < 1.29 is 18.0 Å². The summed E-state index contributed by atoms with van der Waals surface area (Å²) in [5.41, 5.74) is 7.65. The normalized spacial score (nSPS) is 11.4. The lowest BCUT2D eigenvalue weighted by atomic mass is 10.1. The molecule has 4 rings (SSSR count). The van der Waals surface area contributed by atoms with Gasteiger partial charge in [0.05, 0.1) is 0 Å². The molecular formula is C24H26N4O4. The van der Waals surface area contributed by atoms with Crippen LogP contribution in [-0.4, -0.2) is 20.9 Å². The van der Waals surface area contributed by atoms with Crippen molar-refractivity contribution in [3.63, 3.8) is 0 Å². The van der Waals surface area contributed by atoms with Crippen molar-refractivity contribution in [3.8, 4) is 23.2 Å². The molecule has 0 saturated carbocycles. The second-order valence-electron chi connectivity index (χ2n) is 8.07. The first-order valence-electron chi connectivity index (χ1n) is 10.7. The Morgan fingerprint density at radius 3 is 2.28 bits per heavy atom. The number of aromatic nitrogens is 3. The maximum Gasteiger partial charge on any atom is 0.270 e. The number of amides is 1. The van der Waals surface area contributed by atoms with Gasteiger partial charge in [0.1, 0.15) is 17.3 Å². The maximum absolute atomic E-state index is 11.7. The smallest absolute Gasteiger partial charge is 0.270 e. The van der Waals surface area contributed by atoms with Crippen LogP contribution in [0.5, 0.6) is 0 Å². The molecule has 166 valence electrons. The van der Waals surface area contributed by atoms with Crippen LogP contribution >= 0.6 is 0 Å². The number of carbonyl (C=O) groups excluding carboxylic acids is 1. The number of rotatable bonds is 8. The van der Waals surface area contributed by atoms with Gasteiger partial charge in [-0.25, -0.2) is 15.0 Å². The van der Waals surface area contributed by atoms with Crippen molar-refractivity contribution in [2.75, 3.05) is 0 Å². The number of hydrogen-bond donors (Lipinski definition) is 1. The van der Waals surface area contributed by atoms with Crippen LogP contribution in [0.1, 0.15) is 60.0 Å². The Morgan fingerprint density at radius 2 is 1.66 bits per heavy atom. The van der Waals surface area contributed by atoms with Crippen LogP contribution in [0.3, 0.4) is 0 Å². The number of oxazole rings is 3. The molecule has 0 unspecified atom stereocenters. The molecule has 0 aliphatic carbocycles. The summed E-state index contributed by atoms with van der Waals surface area (Å²) in [5, 5.41) is 0. The van der Waals surface area contributed by atoms with Crippen molar-refractivity contribution in [3.05, 3.63) is 64.8 Å². The first-order valence-corrected chi connectivity index (χ1v) is 10.7. The van der Waals surface area contributed by atoms with E-state index >= 15 is 0 Å². The van der Waals surface area contributed by atoms with Crippen LogP contribution < -0.4 is 5.73 Å². The van der Waals surface area contributed by atoms with E-state index in [2.05, 4.69) is 28.8 Å². The zero-order valence-electron chi connectivity index (χ0n) is 18.6. The van der Waals surface area contributed by atoms with Crippen LogP contribution in [0.4, 0.5) is 0 Å². The Morgan fingerprint density at radius 1 is 0.969 bits per heavy atom. The SMILES string of the molecule is CCc1oc(-c2nc(-c3nc(Cc4ccccc4)oc3C)oc2CC(C)C)nc1C(N)=O. The van der Waals surface area contributed by atoms with Crippen LogP contribution in [0.25, 0.3) is 23.2 Å². The van der Waals surface area contributed by atoms with Crippen molar-refractivity contribution in [1.29, 1.82) is 0 Å². The molecule has 0 radical (unpaired) electrons. The Kier molecular flexibility index (Phi) is 5.94. The van der Waals surface area contributed by atoms with Gasteiger partial charge in [-0.2, -0.15) is 0 Å². The Bertz CT molecular complexity index is 1230. The summed E-state index contributed by atoms with van der Waals surface area (Å²) in [5.74, 6) is 2.44. The van der Waals surface area contributed by atoms with Gasteiger partial charge in [0, 0.05) is 19.3 Å². The van der Waals surface area contributed by atoms with Crippen LogP contribution in [0, 0.1) is 12.8 Å². The summed E-state index contributed by atoms with van der Waals surface area (Å²) in [7, 11) is 0. The van der Waals surface area contributed by atoms with Crippen molar-refractivity contribution in [2.45, 2.75) is 47.0 Å². The molecule has 0 spiro atoms. The molecular weight excluding hydrogens is 408 g/mol. The van der Waals surface area contributed by atoms with E-state index in [0.717, 1.165) is 5.56 Å². The van der Waals surface area contributed by atoms with Gasteiger partial charge in [-0.15, -0.1) is 0 Å². The molecule has 4 aromatic rings. The average molecular weight is 434 g/mol. The Labute approximate surface area is 185 Å². The topological polar surface area (TPSA) is 121 Å². The highest BCUT2D eigenvalue weighted by Gasteiger charge is 2.26. The predicted octanol–water partition coefficient (Wildman–Crippen LogP) is 4.74. The van der Waals surface area contributed by atoms with E-state index in [9.17, 15) is 4.79 Å². The van der Waals surface area contributed by atoms with E-state index in [-0.39, 0.29) is 11.6 Å². The van der Waals surface area contributed by atoms with Crippen LogP contribution in [0.2, 0.25) is 0 Å². The molecule has 2 N–H and O–H groups in total. The van der Waals surface area contributed by atoms with E-state index in [0.29, 0.717) is 65.6 Å². The molecule has 0 bridgehead atoms. The highest BCUT2D eigenvalue weighted by atomic mass is 16.4. The van der Waals surface area contributed by atoms with Gasteiger partial charge in [0.25, 0.3) is 5.91 Å². The third-order valence-corrected chi connectivity index (χ3v) is 4.99. The van der Waals surface area contributed by atoms with Crippen LogP contribution in [0.15, 0.2) is 43.6 Å². The monoisotopic (exact) mass is 434 g/mol. The number of carbonyl (C=O) groups is 1. The molecule has 32 heavy (non-hydrogen) atoms. The van der Waals surface area contributed by atoms with Crippen molar-refractivity contribution >= 4 is 5.91 Å². The number of benzene rings is 1. The summed E-state index contributed by atoms with van der Waals surface area (Å²) in [6.45, 7) is 7.85. The molecule has 3 heterocycles. The summed E-state index contributed by atoms with van der Waals surface area (Å²) < 4.78 is 17.8. The lowest BCUT2D eigenvalue weighted by molar-refractivity contribution is 0.0994. The predicted molar refractivity (Wildman–Crippen MR) is 118 cm³/mol. The molecule has 8 heteroatoms. The van der Waals surface area contributed by atoms with Crippen molar-refractivity contribution in [2.24, 2.45) is 11.7 Å². The van der Waals surface area contributed by atoms with Gasteiger partial charge in [-0.1, -0.05) is 51.1 Å². The standard InChI is InChI=1S/C24H26N4O4/c1-5-16-20(22(25)29)27-24(31-16)21-17(11-13(2)3)32-23(28-21)19-14(4)30-18(26-19)12-15-9-7-6-8-10-15/h6-10,13H,5,11-12H2,1-4H3,(H2,25,29). The molecule has 3 aromatic heterocycles. The fraction of sp³-hybridized carbons (Fsp3) is 0.333. The van der Waals surface area contributed by atoms with Crippen molar-refractivity contribution in [1.82, 2.24) is 15.0 Å². The maximum atomic E-state index is 11.7. The second-order valence-corrected chi connectivity index (χ2v) is 8.07. The number of hydrogen-bond acceptors (Lipinski definition) is 7. The fourth-order valence-corrected chi connectivity index (χ4v) is 3.51. The fourth-order valence-electron chi connectivity index (χ4n) is 3.51. The van der Waals surface area contributed by atoms with E-state index < -0.39 is 5.91 Å². The quantitative estimate of drug-likeness (QED) is 0.425. The molecule has 1 aromatic carbocycles. The average Bonchev–Trinajstić information content (AvgIpc) is 3.44. The highest BCUT2D eigenvalue weighted by Crippen LogP contribution is 2.33. The highest BCUT2D eigenvalue weighted by molar-refractivity contribution is 5.92. The largest absolute Gasteiger partial charge is 0.445 e. The Hall–Kier alpha value is -3.68. The number of nitrogens with two attached hydrogens (primary N) is 1. The first-order chi connectivity index (χ1) is 15.4. The molecule has 8 nitrogen and oxygen atoms in total. The second kappa shape index (κ2) is 8.82. The lowest BCUT2D eigenvalue weighted by Gasteiger charge is -2.01. The summed E-state index contributed by atoms with van der Waals surface area (Å²) in [4.78, 5) is 25.3. The molecule has 0 aliphatic rings. The number of aryl methyl sites for hydroxylation is 2. The third kappa shape index (κ3) is 4.34. The van der Waals surface area contributed by atoms with Gasteiger partial charge in [-0.05, 0) is 18.4 Å². The molecule has 0 fully saturated rings. The van der Waals surface area contributed by atoms with E-state index in [1.165, 1.54) is 0 Å². The van der Waals surface area contributed by atoms with Gasteiger partial charge in [0.2, 0.25) is 11.8 Å². The van der Waals surface area contributed by atoms with E-state index in [4.69, 9.17) is 19.0 Å². The van der Waals surface area contributed by atoms with Gasteiger partial charge in [0.15, 0.2) is 23.0 Å². The summed E-state index contributed by atoms with van der Waals surface area (Å²) in [6, 6.07) is 9.97. The zero-order chi connectivity index (χ0) is 22.8. The number of primary amides is 1. The van der Waals surface area contributed by atoms with Gasteiger partial charge < -0.3 is 19.0 Å². The minimum absolute atomic E-state index is 0.116. The van der Waals surface area contributed by atoms with E-state index in [1.807, 2.05) is 44.2 Å². The summed E-state index contributed by atoms with van der Waals surface area (Å²) in [6.07, 6.45) is 1.67.